The molecule has 1 rings (SSSR count). The van der Waals surface area contributed by atoms with Crippen LogP contribution in [0.2, 0.25) is 0 Å². The van der Waals surface area contributed by atoms with Gasteiger partial charge in [0, 0.05) is 19.2 Å². The summed E-state index contributed by atoms with van der Waals surface area (Å²) in [6.45, 7) is 1.60. The molecule has 0 aliphatic heterocycles. The SMILES string of the molecule is CN(CCCCCO)Cc1ccc([N+](=O)[O-])c(F)c1. The van der Waals surface area contributed by atoms with E-state index in [1.54, 1.807) is 6.07 Å². The molecule has 0 spiro atoms. The Morgan fingerprint density at radius 3 is 2.68 bits per heavy atom. The first-order valence-corrected chi connectivity index (χ1v) is 6.27. The quantitative estimate of drug-likeness (QED) is 0.447. The van der Waals surface area contributed by atoms with E-state index in [2.05, 4.69) is 0 Å². The molecule has 0 aliphatic carbocycles. The number of nitrogens with zero attached hydrogens (tertiary/aromatic N) is 2. The topological polar surface area (TPSA) is 66.6 Å². The molecule has 1 aromatic rings. The molecule has 0 saturated heterocycles. The molecule has 0 unspecified atom stereocenters. The van der Waals surface area contributed by atoms with Crippen LogP contribution < -0.4 is 0 Å². The molecule has 0 radical (unpaired) electrons. The number of nitro groups is 1. The molecular weight excluding hydrogens is 251 g/mol. The average molecular weight is 270 g/mol. The Hall–Kier alpha value is -1.53. The van der Waals surface area contributed by atoms with Gasteiger partial charge in [0.1, 0.15) is 0 Å². The molecule has 0 aliphatic rings. The fourth-order valence-electron chi connectivity index (χ4n) is 1.86. The van der Waals surface area contributed by atoms with Crippen LogP contribution in [0.1, 0.15) is 24.8 Å². The summed E-state index contributed by atoms with van der Waals surface area (Å²) in [7, 11) is 1.91. The van der Waals surface area contributed by atoms with Gasteiger partial charge in [0.25, 0.3) is 0 Å². The van der Waals surface area contributed by atoms with Crippen LogP contribution in [0.15, 0.2) is 18.2 Å². The molecular formula is C13H19FN2O3. The predicted octanol–water partition coefficient (Wildman–Crippen LogP) is 2.33. The Balaban J connectivity index is 2.48. The first kappa shape index (κ1) is 15.5. The van der Waals surface area contributed by atoms with E-state index in [4.69, 9.17) is 5.11 Å². The highest BCUT2D eigenvalue weighted by Gasteiger charge is 2.14. The van der Waals surface area contributed by atoms with Crippen molar-refractivity contribution in [1.82, 2.24) is 4.90 Å². The fourth-order valence-corrected chi connectivity index (χ4v) is 1.86. The van der Waals surface area contributed by atoms with Gasteiger partial charge in [-0.05, 0) is 44.5 Å². The first-order chi connectivity index (χ1) is 9.04. The molecule has 1 N–H and O–H groups in total. The van der Waals surface area contributed by atoms with Crippen LogP contribution in [0.4, 0.5) is 10.1 Å². The van der Waals surface area contributed by atoms with Gasteiger partial charge in [-0.15, -0.1) is 0 Å². The Kier molecular flexibility index (Phi) is 6.38. The molecule has 5 nitrogen and oxygen atoms in total. The highest BCUT2D eigenvalue weighted by atomic mass is 19.1. The zero-order chi connectivity index (χ0) is 14.3. The lowest BCUT2D eigenvalue weighted by Crippen LogP contribution is -2.19. The monoisotopic (exact) mass is 270 g/mol. The van der Waals surface area contributed by atoms with E-state index in [1.807, 2.05) is 11.9 Å². The zero-order valence-electron chi connectivity index (χ0n) is 11.0. The normalized spacial score (nSPS) is 10.9. The van der Waals surface area contributed by atoms with Crippen LogP contribution in [-0.2, 0) is 6.54 Å². The number of nitro benzene ring substituents is 1. The van der Waals surface area contributed by atoms with Crippen LogP contribution in [0.25, 0.3) is 0 Å². The summed E-state index contributed by atoms with van der Waals surface area (Å²) in [5.74, 6) is -0.795. The van der Waals surface area contributed by atoms with Gasteiger partial charge < -0.3 is 10.0 Å². The van der Waals surface area contributed by atoms with E-state index < -0.39 is 16.4 Å². The van der Waals surface area contributed by atoms with Crippen LogP contribution in [0.3, 0.4) is 0 Å². The molecule has 0 heterocycles. The molecule has 0 fully saturated rings. The second kappa shape index (κ2) is 7.81. The third-order valence-corrected chi connectivity index (χ3v) is 2.86. The molecule has 6 heteroatoms. The Morgan fingerprint density at radius 1 is 1.37 bits per heavy atom. The first-order valence-electron chi connectivity index (χ1n) is 6.27. The van der Waals surface area contributed by atoms with Crippen molar-refractivity contribution in [2.24, 2.45) is 0 Å². The second-order valence-electron chi connectivity index (χ2n) is 4.56. The minimum absolute atomic E-state index is 0.206. The van der Waals surface area contributed by atoms with Gasteiger partial charge in [-0.25, -0.2) is 0 Å². The van der Waals surface area contributed by atoms with Crippen molar-refractivity contribution in [2.75, 3.05) is 20.2 Å². The minimum Gasteiger partial charge on any atom is -0.396 e. The second-order valence-corrected chi connectivity index (χ2v) is 4.56. The van der Waals surface area contributed by atoms with E-state index in [9.17, 15) is 14.5 Å². The number of unbranched alkanes of at least 4 members (excludes halogenated alkanes) is 2. The van der Waals surface area contributed by atoms with Crippen molar-refractivity contribution in [1.29, 1.82) is 0 Å². The highest BCUT2D eigenvalue weighted by molar-refractivity contribution is 5.34. The van der Waals surface area contributed by atoms with Crippen molar-refractivity contribution in [3.63, 3.8) is 0 Å². The average Bonchev–Trinajstić information content (AvgIpc) is 2.34. The summed E-state index contributed by atoms with van der Waals surface area (Å²) < 4.78 is 13.4. The van der Waals surface area contributed by atoms with E-state index in [-0.39, 0.29) is 6.61 Å². The van der Waals surface area contributed by atoms with Crippen LogP contribution in [0, 0.1) is 15.9 Å². The number of hydrogen-bond acceptors (Lipinski definition) is 4. The summed E-state index contributed by atoms with van der Waals surface area (Å²) in [5, 5.41) is 19.2. The maximum absolute atomic E-state index is 13.4. The van der Waals surface area contributed by atoms with Crippen molar-refractivity contribution < 1.29 is 14.4 Å². The van der Waals surface area contributed by atoms with Gasteiger partial charge in [-0.1, -0.05) is 6.07 Å². The predicted molar refractivity (Wildman–Crippen MR) is 70.3 cm³/mol. The maximum Gasteiger partial charge on any atom is 0.304 e. The van der Waals surface area contributed by atoms with Gasteiger partial charge >= 0.3 is 5.69 Å². The molecule has 0 bridgehead atoms. The molecule has 0 aromatic heterocycles. The largest absolute Gasteiger partial charge is 0.396 e. The molecule has 1 aromatic carbocycles. The summed E-state index contributed by atoms with van der Waals surface area (Å²) in [5.41, 5.74) is 0.224. The van der Waals surface area contributed by atoms with Crippen molar-refractivity contribution in [3.05, 3.63) is 39.7 Å². The van der Waals surface area contributed by atoms with Crippen LogP contribution >= 0.6 is 0 Å². The zero-order valence-corrected chi connectivity index (χ0v) is 11.0. The van der Waals surface area contributed by atoms with Gasteiger partial charge in [0.05, 0.1) is 4.92 Å². The van der Waals surface area contributed by atoms with Crippen molar-refractivity contribution >= 4 is 5.69 Å². The summed E-state index contributed by atoms with van der Waals surface area (Å²) >= 11 is 0. The lowest BCUT2D eigenvalue weighted by atomic mass is 10.1. The Morgan fingerprint density at radius 2 is 2.11 bits per heavy atom. The standard InChI is InChI=1S/C13H19FN2O3/c1-15(7-3-2-4-8-17)10-11-5-6-13(16(18)19)12(14)9-11/h5-6,9,17H,2-4,7-8,10H2,1H3. The lowest BCUT2D eigenvalue weighted by Gasteiger charge is -2.16. The Bertz CT molecular complexity index is 426. The number of halogens is 1. The summed E-state index contributed by atoms with van der Waals surface area (Å²) in [4.78, 5) is 11.8. The summed E-state index contributed by atoms with van der Waals surface area (Å²) in [6.07, 6.45) is 2.71. The molecule has 0 atom stereocenters. The Labute approximate surface area is 111 Å². The third kappa shape index (κ3) is 5.32. The number of benzene rings is 1. The van der Waals surface area contributed by atoms with E-state index >= 15 is 0 Å². The van der Waals surface area contributed by atoms with Gasteiger partial charge in [0.2, 0.25) is 5.82 Å². The van der Waals surface area contributed by atoms with E-state index in [1.165, 1.54) is 12.1 Å². The fraction of sp³-hybridized carbons (Fsp3) is 0.538. The van der Waals surface area contributed by atoms with E-state index in [0.29, 0.717) is 12.1 Å². The number of aliphatic hydroxyl groups is 1. The van der Waals surface area contributed by atoms with Crippen molar-refractivity contribution in [3.8, 4) is 0 Å². The molecule has 0 amide bonds. The van der Waals surface area contributed by atoms with Gasteiger partial charge in [0.15, 0.2) is 0 Å². The smallest absolute Gasteiger partial charge is 0.304 e. The molecule has 19 heavy (non-hydrogen) atoms. The van der Waals surface area contributed by atoms with Crippen molar-refractivity contribution in [2.45, 2.75) is 25.8 Å². The van der Waals surface area contributed by atoms with Crippen LogP contribution in [0.5, 0.6) is 0 Å². The van der Waals surface area contributed by atoms with Gasteiger partial charge in [-0.2, -0.15) is 4.39 Å². The number of hydrogen-bond donors (Lipinski definition) is 1. The number of aliphatic hydroxyl groups excluding tert-OH is 1. The van der Waals surface area contributed by atoms with E-state index in [0.717, 1.165) is 25.8 Å². The molecule has 0 saturated carbocycles. The minimum atomic E-state index is -0.795. The van der Waals surface area contributed by atoms with Crippen LogP contribution in [-0.4, -0.2) is 35.1 Å². The highest BCUT2D eigenvalue weighted by Crippen LogP contribution is 2.18. The van der Waals surface area contributed by atoms with Gasteiger partial charge in [-0.3, -0.25) is 10.1 Å². The lowest BCUT2D eigenvalue weighted by molar-refractivity contribution is -0.387. The maximum atomic E-state index is 13.4. The summed E-state index contributed by atoms with van der Waals surface area (Å²) in [6, 6.07) is 3.98. The third-order valence-electron chi connectivity index (χ3n) is 2.86. The molecule has 106 valence electrons. The number of rotatable bonds is 8.